The molecule has 2 aliphatic rings. The van der Waals surface area contributed by atoms with Crippen LogP contribution < -0.4 is 0 Å². The second-order valence-electron chi connectivity index (χ2n) is 7.41. The Morgan fingerprint density at radius 2 is 1.96 bits per heavy atom. The Balaban J connectivity index is 1.54. The molecule has 0 bridgehead atoms. The first-order chi connectivity index (χ1) is 12.0. The van der Waals surface area contributed by atoms with Crippen molar-refractivity contribution in [3.63, 3.8) is 0 Å². The van der Waals surface area contributed by atoms with Gasteiger partial charge in [0.2, 0.25) is 5.91 Å². The van der Waals surface area contributed by atoms with Crippen molar-refractivity contribution < 1.29 is 9.53 Å². The Hall–Kier alpha value is -1.04. The lowest BCUT2D eigenvalue weighted by molar-refractivity contribution is -0.130. The van der Waals surface area contributed by atoms with E-state index in [1.807, 2.05) is 12.1 Å². The van der Waals surface area contributed by atoms with E-state index in [1.165, 1.54) is 10.5 Å². The van der Waals surface area contributed by atoms with Crippen LogP contribution in [0, 0.1) is 6.92 Å². The number of hydrogen-bond donors (Lipinski definition) is 0. The van der Waals surface area contributed by atoms with Crippen molar-refractivity contribution >= 4 is 17.7 Å². The topological polar surface area (TPSA) is 32.8 Å². The zero-order valence-electron chi connectivity index (χ0n) is 15.6. The number of aryl methyl sites for hydroxylation is 1. The third-order valence-corrected chi connectivity index (χ3v) is 6.27. The van der Waals surface area contributed by atoms with Crippen LogP contribution in [0.25, 0.3) is 0 Å². The molecule has 2 fully saturated rings. The van der Waals surface area contributed by atoms with Crippen molar-refractivity contribution in [1.82, 2.24) is 9.80 Å². The van der Waals surface area contributed by atoms with Gasteiger partial charge in [-0.05, 0) is 45.2 Å². The predicted octanol–water partition coefficient (Wildman–Crippen LogP) is 3.19. The van der Waals surface area contributed by atoms with Gasteiger partial charge in [-0.25, -0.2) is 0 Å². The van der Waals surface area contributed by atoms with Crippen LogP contribution in [0.15, 0.2) is 29.2 Å². The normalized spacial score (nSPS) is 27.6. The van der Waals surface area contributed by atoms with Gasteiger partial charge in [0.1, 0.15) is 0 Å². The highest BCUT2D eigenvalue weighted by Gasteiger charge is 2.32. The molecule has 0 radical (unpaired) electrons. The number of benzene rings is 1. The van der Waals surface area contributed by atoms with E-state index in [0.29, 0.717) is 11.8 Å². The third kappa shape index (κ3) is 4.99. The fourth-order valence-electron chi connectivity index (χ4n) is 4.03. The Labute approximate surface area is 155 Å². The summed E-state index contributed by atoms with van der Waals surface area (Å²) in [6, 6.07) is 8.65. The molecule has 0 saturated carbocycles. The molecule has 2 saturated heterocycles. The smallest absolute Gasteiger partial charge is 0.233 e. The van der Waals surface area contributed by atoms with Crippen LogP contribution >= 0.6 is 11.8 Å². The second-order valence-corrected chi connectivity index (χ2v) is 8.43. The maximum atomic E-state index is 12.8. The fourth-order valence-corrected chi connectivity index (χ4v) is 4.94. The molecule has 3 atom stereocenters. The Morgan fingerprint density at radius 3 is 2.68 bits per heavy atom. The molecule has 0 spiro atoms. The van der Waals surface area contributed by atoms with E-state index in [9.17, 15) is 4.79 Å². The summed E-state index contributed by atoms with van der Waals surface area (Å²) < 4.78 is 5.83. The van der Waals surface area contributed by atoms with E-state index in [1.54, 1.807) is 11.8 Å². The highest BCUT2D eigenvalue weighted by Crippen LogP contribution is 2.25. The van der Waals surface area contributed by atoms with Crippen LogP contribution in [-0.4, -0.2) is 65.9 Å². The molecule has 1 aromatic carbocycles. The van der Waals surface area contributed by atoms with Gasteiger partial charge >= 0.3 is 0 Å². The molecule has 0 aliphatic carbocycles. The Morgan fingerprint density at radius 1 is 1.24 bits per heavy atom. The maximum Gasteiger partial charge on any atom is 0.233 e. The van der Waals surface area contributed by atoms with Crippen molar-refractivity contribution in [2.24, 2.45) is 0 Å². The molecule has 3 unspecified atom stereocenters. The zero-order valence-corrected chi connectivity index (χ0v) is 16.4. The highest BCUT2D eigenvalue weighted by atomic mass is 32.2. The summed E-state index contributed by atoms with van der Waals surface area (Å²) in [6.45, 7) is 10.2. The number of amides is 1. The molecule has 138 valence electrons. The number of rotatable bonds is 5. The standard InChI is InChI=1S/C20H30N2O2S/c1-15-7-4-5-9-19(15)25-14-20(23)22-10-6-8-18(22)13-21-11-16(2)24-17(3)12-21/h4-5,7,9,16-18H,6,8,10-14H2,1-3H3. The number of carbonyl (C=O) groups excluding carboxylic acids is 1. The number of carbonyl (C=O) groups is 1. The largest absolute Gasteiger partial charge is 0.373 e. The van der Waals surface area contributed by atoms with Gasteiger partial charge in [-0.15, -0.1) is 11.8 Å². The lowest BCUT2D eigenvalue weighted by atomic mass is 10.1. The molecule has 1 aromatic rings. The molecule has 0 N–H and O–H groups in total. The maximum absolute atomic E-state index is 12.8. The molecular weight excluding hydrogens is 332 g/mol. The molecule has 1 amide bonds. The first-order valence-corrected chi connectivity index (χ1v) is 10.4. The summed E-state index contributed by atoms with van der Waals surface area (Å²) in [5.74, 6) is 0.821. The van der Waals surface area contributed by atoms with Crippen LogP contribution in [0.3, 0.4) is 0 Å². The van der Waals surface area contributed by atoms with Gasteiger partial charge in [0.15, 0.2) is 0 Å². The number of ether oxygens (including phenoxy) is 1. The van der Waals surface area contributed by atoms with Gasteiger partial charge in [-0.1, -0.05) is 18.2 Å². The molecular formula is C20H30N2O2S. The fraction of sp³-hybridized carbons (Fsp3) is 0.650. The van der Waals surface area contributed by atoms with Gasteiger partial charge in [-0.3, -0.25) is 9.69 Å². The monoisotopic (exact) mass is 362 g/mol. The molecule has 25 heavy (non-hydrogen) atoms. The number of hydrogen-bond acceptors (Lipinski definition) is 4. The van der Waals surface area contributed by atoms with Gasteiger partial charge in [0.05, 0.1) is 18.0 Å². The molecule has 2 heterocycles. The summed E-state index contributed by atoms with van der Waals surface area (Å²) in [6.07, 6.45) is 2.82. The van der Waals surface area contributed by atoms with Crippen molar-refractivity contribution in [2.75, 3.05) is 31.9 Å². The average Bonchev–Trinajstić information content (AvgIpc) is 3.01. The van der Waals surface area contributed by atoms with Gasteiger partial charge in [0.25, 0.3) is 0 Å². The molecule has 0 aromatic heterocycles. The summed E-state index contributed by atoms with van der Waals surface area (Å²) in [5.41, 5.74) is 1.24. The van der Waals surface area contributed by atoms with Gasteiger partial charge in [0, 0.05) is 37.1 Å². The SMILES string of the molecule is Cc1ccccc1SCC(=O)N1CCCC1CN1CC(C)OC(C)C1. The van der Waals surface area contributed by atoms with E-state index in [-0.39, 0.29) is 18.1 Å². The van der Waals surface area contributed by atoms with Crippen LogP contribution in [0.4, 0.5) is 0 Å². The Bertz CT molecular complexity index is 585. The zero-order chi connectivity index (χ0) is 17.8. The number of likely N-dealkylation sites (tertiary alicyclic amines) is 1. The molecule has 3 rings (SSSR count). The van der Waals surface area contributed by atoms with E-state index >= 15 is 0 Å². The average molecular weight is 363 g/mol. The number of nitrogens with zero attached hydrogens (tertiary/aromatic N) is 2. The van der Waals surface area contributed by atoms with Crippen molar-refractivity contribution in [3.05, 3.63) is 29.8 Å². The van der Waals surface area contributed by atoms with Crippen LogP contribution in [0.2, 0.25) is 0 Å². The summed E-state index contributed by atoms with van der Waals surface area (Å²) in [7, 11) is 0. The van der Waals surface area contributed by atoms with Crippen molar-refractivity contribution in [2.45, 2.75) is 56.8 Å². The highest BCUT2D eigenvalue weighted by molar-refractivity contribution is 8.00. The molecule has 2 aliphatic heterocycles. The predicted molar refractivity (Wildman–Crippen MR) is 103 cm³/mol. The van der Waals surface area contributed by atoms with E-state index in [2.05, 4.69) is 42.7 Å². The quantitative estimate of drug-likeness (QED) is 0.753. The summed E-state index contributed by atoms with van der Waals surface area (Å²) in [4.78, 5) is 18.6. The summed E-state index contributed by atoms with van der Waals surface area (Å²) >= 11 is 1.67. The molecule has 5 heteroatoms. The minimum absolute atomic E-state index is 0.283. The third-order valence-electron chi connectivity index (χ3n) is 5.11. The van der Waals surface area contributed by atoms with E-state index in [4.69, 9.17) is 4.74 Å². The Kier molecular flexibility index (Phi) is 6.42. The lowest BCUT2D eigenvalue weighted by Gasteiger charge is -2.38. The van der Waals surface area contributed by atoms with Crippen molar-refractivity contribution in [3.8, 4) is 0 Å². The van der Waals surface area contributed by atoms with E-state index in [0.717, 1.165) is 39.0 Å². The van der Waals surface area contributed by atoms with Crippen LogP contribution in [0.1, 0.15) is 32.3 Å². The minimum atomic E-state index is 0.283. The molecule has 4 nitrogen and oxygen atoms in total. The summed E-state index contributed by atoms with van der Waals surface area (Å²) in [5, 5.41) is 0. The van der Waals surface area contributed by atoms with Crippen LogP contribution in [0.5, 0.6) is 0 Å². The van der Waals surface area contributed by atoms with Crippen LogP contribution in [-0.2, 0) is 9.53 Å². The van der Waals surface area contributed by atoms with Gasteiger partial charge < -0.3 is 9.64 Å². The number of morpholine rings is 1. The first-order valence-electron chi connectivity index (χ1n) is 9.38. The van der Waals surface area contributed by atoms with E-state index < -0.39 is 0 Å². The first kappa shape index (κ1) is 18.7. The minimum Gasteiger partial charge on any atom is -0.373 e. The lowest BCUT2D eigenvalue weighted by Crippen LogP contribution is -2.51. The van der Waals surface area contributed by atoms with Crippen molar-refractivity contribution in [1.29, 1.82) is 0 Å². The second kappa shape index (κ2) is 8.56. The van der Waals surface area contributed by atoms with Gasteiger partial charge in [-0.2, -0.15) is 0 Å². The number of thioether (sulfide) groups is 1.